The standard InChI is InChI=1S/C13H19NO/c1-15-13-7-5-10(6-8-13)11-3-2-4-12(14)9-11/h5-8,11-12H,2-4,9,14H2,1H3/t11-,12-/m0/s1. The monoisotopic (exact) mass is 205 g/mol. The second-order valence-corrected chi connectivity index (χ2v) is 4.40. The molecule has 1 aromatic carbocycles. The molecule has 2 rings (SSSR count). The van der Waals surface area contributed by atoms with Gasteiger partial charge in [0.15, 0.2) is 0 Å². The summed E-state index contributed by atoms with van der Waals surface area (Å²) in [5, 5.41) is 0. The van der Waals surface area contributed by atoms with Crippen LogP contribution in [0.3, 0.4) is 0 Å². The van der Waals surface area contributed by atoms with Crippen molar-refractivity contribution >= 4 is 0 Å². The number of ether oxygens (including phenoxy) is 1. The van der Waals surface area contributed by atoms with Crippen molar-refractivity contribution < 1.29 is 4.74 Å². The van der Waals surface area contributed by atoms with E-state index in [0.717, 1.165) is 12.2 Å². The van der Waals surface area contributed by atoms with E-state index >= 15 is 0 Å². The third kappa shape index (κ3) is 2.51. The van der Waals surface area contributed by atoms with Crippen molar-refractivity contribution in [1.29, 1.82) is 0 Å². The Morgan fingerprint density at radius 2 is 1.93 bits per heavy atom. The van der Waals surface area contributed by atoms with E-state index in [4.69, 9.17) is 10.5 Å². The predicted molar refractivity (Wildman–Crippen MR) is 62.2 cm³/mol. The molecule has 1 aliphatic rings. The number of hydrogen-bond acceptors (Lipinski definition) is 2. The van der Waals surface area contributed by atoms with Crippen molar-refractivity contribution in [2.75, 3.05) is 7.11 Å². The van der Waals surface area contributed by atoms with E-state index < -0.39 is 0 Å². The molecule has 0 bridgehead atoms. The van der Waals surface area contributed by atoms with E-state index in [9.17, 15) is 0 Å². The molecule has 82 valence electrons. The maximum Gasteiger partial charge on any atom is 0.118 e. The quantitative estimate of drug-likeness (QED) is 0.805. The summed E-state index contributed by atoms with van der Waals surface area (Å²) in [7, 11) is 1.70. The van der Waals surface area contributed by atoms with Crippen LogP contribution in [-0.4, -0.2) is 13.2 Å². The topological polar surface area (TPSA) is 35.2 Å². The molecule has 0 radical (unpaired) electrons. The average Bonchev–Trinajstić information content (AvgIpc) is 2.29. The molecule has 0 spiro atoms. The molecule has 0 amide bonds. The van der Waals surface area contributed by atoms with Gasteiger partial charge in [-0.25, -0.2) is 0 Å². The van der Waals surface area contributed by atoms with Gasteiger partial charge in [0.2, 0.25) is 0 Å². The van der Waals surface area contributed by atoms with Crippen LogP contribution in [0.15, 0.2) is 24.3 Å². The van der Waals surface area contributed by atoms with Crippen LogP contribution >= 0.6 is 0 Å². The first kappa shape index (κ1) is 10.5. The molecule has 1 aromatic rings. The fourth-order valence-electron chi connectivity index (χ4n) is 2.41. The summed E-state index contributed by atoms with van der Waals surface area (Å²) in [6.45, 7) is 0. The Balaban J connectivity index is 2.07. The van der Waals surface area contributed by atoms with Gasteiger partial charge in [0.05, 0.1) is 7.11 Å². The van der Waals surface area contributed by atoms with Crippen molar-refractivity contribution in [3.8, 4) is 5.75 Å². The Kier molecular flexibility index (Phi) is 3.27. The molecule has 0 aromatic heterocycles. The number of hydrogen-bond donors (Lipinski definition) is 1. The Labute approximate surface area is 91.4 Å². The van der Waals surface area contributed by atoms with Gasteiger partial charge in [-0.2, -0.15) is 0 Å². The molecule has 15 heavy (non-hydrogen) atoms. The van der Waals surface area contributed by atoms with E-state index in [1.54, 1.807) is 7.11 Å². The van der Waals surface area contributed by atoms with E-state index in [1.165, 1.54) is 24.8 Å². The van der Waals surface area contributed by atoms with Gasteiger partial charge >= 0.3 is 0 Å². The molecular formula is C13H19NO. The minimum absolute atomic E-state index is 0.394. The summed E-state index contributed by atoms with van der Waals surface area (Å²) >= 11 is 0. The number of nitrogens with two attached hydrogens (primary N) is 1. The third-order valence-corrected chi connectivity index (χ3v) is 3.30. The molecule has 2 atom stereocenters. The smallest absolute Gasteiger partial charge is 0.118 e. The highest BCUT2D eigenvalue weighted by molar-refractivity contribution is 5.29. The molecule has 0 unspecified atom stereocenters. The zero-order chi connectivity index (χ0) is 10.7. The SMILES string of the molecule is COc1ccc([C@H]2CCC[C@H](N)C2)cc1. The fraction of sp³-hybridized carbons (Fsp3) is 0.538. The van der Waals surface area contributed by atoms with Crippen molar-refractivity contribution in [2.45, 2.75) is 37.6 Å². The van der Waals surface area contributed by atoms with Crippen molar-refractivity contribution in [2.24, 2.45) is 5.73 Å². The largest absolute Gasteiger partial charge is 0.497 e. The zero-order valence-electron chi connectivity index (χ0n) is 9.28. The highest BCUT2D eigenvalue weighted by Gasteiger charge is 2.20. The lowest BCUT2D eigenvalue weighted by atomic mass is 9.82. The van der Waals surface area contributed by atoms with Crippen LogP contribution in [-0.2, 0) is 0 Å². The molecule has 2 nitrogen and oxygen atoms in total. The lowest BCUT2D eigenvalue weighted by Crippen LogP contribution is -2.26. The number of rotatable bonds is 2. The molecule has 1 fully saturated rings. The van der Waals surface area contributed by atoms with E-state index in [2.05, 4.69) is 12.1 Å². The lowest BCUT2D eigenvalue weighted by Gasteiger charge is -2.26. The van der Waals surface area contributed by atoms with Gasteiger partial charge < -0.3 is 10.5 Å². The molecule has 0 heterocycles. The van der Waals surface area contributed by atoms with Crippen LogP contribution in [0.1, 0.15) is 37.2 Å². The second-order valence-electron chi connectivity index (χ2n) is 4.40. The third-order valence-electron chi connectivity index (χ3n) is 3.30. The lowest BCUT2D eigenvalue weighted by molar-refractivity contribution is 0.391. The van der Waals surface area contributed by atoms with E-state index in [-0.39, 0.29) is 0 Å². The van der Waals surface area contributed by atoms with Crippen LogP contribution < -0.4 is 10.5 Å². The van der Waals surface area contributed by atoms with E-state index in [1.807, 2.05) is 12.1 Å². The zero-order valence-corrected chi connectivity index (χ0v) is 9.28. The number of methoxy groups -OCH3 is 1. The normalized spacial score (nSPS) is 26.3. The van der Waals surface area contributed by atoms with Crippen molar-refractivity contribution in [3.05, 3.63) is 29.8 Å². The van der Waals surface area contributed by atoms with E-state index in [0.29, 0.717) is 12.0 Å². The molecule has 1 saturated carbocycles. The van der Waals surface area contributed by atoms with Gasteiger partial charge in [-0.15, -0.1) is 0 Å². The molecular weight excluding hydrogens is 186 g/mol. The molecule has 0 saturated heterocycles. The minimum Gasteiger partial charge on any atom is -0.497 e. The summed E-state index contributed by atoms with van der Waals surface area (Å²) in [6, 6.07) is 8.81. The summed E-state index contributed by atoms with van der Waals surface area (Å²) in [6.07, 6.45) is 4.86. The highest BCUT2D eigenvalue weighted by atomic mass is 16.5. The van der Waals surface area contributed by atoms with Crippen molar-refractivity contribution in [1.82, 2.24) is 0 Å². The van der Waals surface area contributed by atoms with Gasteiger partial charge in [-0.1, -0.05) is 18.6 Å². The summed E-state index contributed by atoms with van der Waals surface area (Å²) in [5.74, 6) is 1.58. The first-order valence-electron chi connectivity index (χ1n) is 5.69. The highest BCUT2D eigenvalue weighted by Crippen LogP contribution is 2.32. The van der Waals surface area contributed by atoms with Gasteiger partial charge in [-0.3, -0.25) is 0 Å². The first-order valence-corrected chi connectivity index (χ1v) is 5.69. The molecule has 2 heteroatoms. The Hall–Kier alpha value is -1.02. The average molecular weight is 205 g/mol. The first-order chi connectivity index (χ1) is 7.29. The van der Waals surface area contributed by atoms with Gasteiger partial charge in [0.25, 0.3) is 0 Å². The van der Waals surface area contributed by atoms with Crippen LogP contribution in [0.5, 0.6) is 5.75 Å². The van der Waals surface area contributed by atoms with Gasteiger partial charge in [0.1, 0.15) is 5.75 Å². The molecule has 1 aliphatic carbocycles. The van der Waals surface area contributed by atoms with Crippen molar-refractivity contribution in [3.63, 3.8) is 0 Å². The summed E-state index contributed by atoms with van der Waals surface area (Å²) in [4.78, 5) is 0. The molecule has 0 aliphatic heterocycles. The fourth-order valence-corrected chi connectivity index (χ4v) is 2.41. The second kappa shape index (κ2) is 4.67. The van der Waals surface area contributed by atoms with Gasteiger partial charge in [-0.05, 0) is 42.9 Å². The maximum atomic E-state index is 5.99. The molecule has 2 N–H and O–H groups in total. The minimum atomic E-state index is 0.394. The Bertz CT molecular complexity index is 307. The van der Waals surface area contributed by atoms with Crippen LogP contribution in [0, 0.1) is 0 Å². The Morgan fingerprint density at radius 3 is 2.53 bits per heavy atom. The van der Waals surface area contributed by atoms with Crippen LogP contribution in [0.25, 0.3) is 0 Å². The van der Waals surface area contributed by atoms with Gasteiger partial charge in [0, 0.05) is 6.04 Å². The summed E-state index contributed by atoms with van der Waals surface area (Å²) in [5.41, 5.74) is 7.40. The maximum absolute atomic E-state index is 5.99. The van der Waals surface area contributed by atoms with Crippen LogP contribution in [0.4, 0.5) is 0 Å². The number of benzene rings is 1. The Morgan fingerprint density at radius 1 is 1.20 bits per heavy atom. The summed E-state index contributed by atoms with van der Waals surface area (Å²) < 4.78 is 5.15. The predicted octanol–water partition coefficient (Wildman–Crippen LogP) is 2.68. The van der Waals surface area contributed by atoms with Crippen LogP contribution in [0.2, 0.25) is 0 Å².